The predicted octanol–water partition coefficient (Wildman–Crippen LogP) is 7.95. The highest BCUT2D eigenvalue weighted by molar-refractivity contribution is 5.84. The van der Waals surface area contributed by atoms with Crippen molar-refractivity contribution in [2.45, 2.75) is 38.5 Å². The van der Waals surface area contributed by atoms with Crippen LogP contribution in [-0.2, 0) is 32.1 Å². The Morgan fingerprint density at radius 3 is 2.00 bits per heavy atom. The number of rotatable bonds is 9. The van der Waals surface area contributed by atoms with Crippen LogP contribution < -0.4 is 0 Å². The maximum atomic E-state index is 15.1. The van der Waals surface area contributed by atoms with Gasteiger partial charge in [0, 0.05) is 5.39 Å². The molecular formula is C30H27F3. The highest BCUT2D eigenvalue weighted by Gasteiger charge is 2.10. The number of benzene rings is 4. The van der Waals surface area contributed by atoms with E-state index in [0.29, 0.717) is 42.2 Å². The SMILES string of the molecule is C=CCCc1ccc(CCc2ccc3c(F)c(CCc4ccc(F)cc4)ccc3c2)c(F)c1. The van der Waals surface area contributed by atoms with Gasteiger partial charge in [-0.1, -0.05) is 60.7 Å². The van der Waals surface area contributed by atoms with Crippen molar-refractivity contribution in [2.75, 3.05) is 0 Å². The van der Waals surface area contributed by atoms with Crippen molar-refractivity contribution < 1.29 is 13.2 Å². The van der Waals surface area contributed by atoms with Crippen LogP contribution in [0.3, 0.4) is 0 Å². The standard InChI is InChI=1S/C30H27F3/c1-2-3-4-22-6-11-24(29(32)20-22)12-7-23-10-18-28-26(19-23)15-14-25(30(28)33)13-5-21-8-16-27(31)17-9-21/h2,6,8-11,14-20H,1,3-5,7,12-13H2. The summed E-state index contributed by atoms with van der Waals surface area (Å²) >= 11 is 0. The van der Waals surface area contributed by atoms with Gasteiger partial charge in [0.1, 0.15) is 17.5 Å². The molecule has 0 saturated heterocycles. The second-order valence-electron chi connectivity index (χ2n) is 8.47. The van der Waals surface area contributed by atoms with E-state index in [1.54, 1.807) is 18.2 Å². The first-order chi connectivity index (χ1) is 16.0. The van der Waals surface area contributed by atoms with E-state index in [4.69, 9.17) is 0 Å². The number of hydrogen-bond acceptors (Lipinski definition) is 0. The first-order valence-electron chi connectivity index (χ1n) is 11.4. The van der Waals surface area contributed by atoms with E-state index in [0.717, 1.165) is 34.9 Å². The van der Waals surface area contributed by atoms with Crippen molar-refractivity contribution in [3.05, 3.63) is 131 Å². The van der Waals surface area contributed by atoms with Crippen molar-refractivity contribution >= 4 is 10.8 Å². The maximum absolute atomic E-state index is 15.1. The van der Waals surface area contributed by atoms with Crippen molar-refractivity contribution in [2.24, 2.45) is 0 Å². The normalized spacial score (nSPS) is 11.1. The minimum atomic E-state index is -0.269. The Bertz CT molecular complexity index is 1260. The lowest BCUT2D eigenvalue weighted by molar-refractivity contribution is 0.606. The largest absolute Gasteiger partial charge is 0.207 e. The van der Waals surface area contributed by atoms with Crippen LogP contribution in [-0.4, -0.2) is 0 Å². The van der Waals surface area contributed by atoms with Crippen LogP contribution in [0.4, 0.5) is 13.2 Å². The van der Waals surface area contributed by atoms with Crippen LogP contribution in [0.2, 0.25) is 0 Å². The van der Waals surface area contributed by atoms with Crippen LogP contribution >= 0.6 is 0 Å². The molecule has 3 heteroatoms. The highest BCUT2D eigenvalue weighted by atomic mass is 19.1. The Morgan fingerprint density at radius 1 is 0.606 bits per heavy atom. The molecule has 4 aromatic rings. The molecule has 168 valence electrons. The van der Waals surface area contributed by atoms with Gasteiger partial charge in [-0.3, -0.25) is 0 Å². The zero-order valence-electron chi connectivity index (χ0n) is 18.6. The molecule has 0 amide bonds. The van der Waals surface area contributed by atoms with E-state index in [-0.39, 0.29) is 17.5 Å². The van der Waals surface area contributed by atoms with Crippen molar-refractivity contribution in [1.82, 2.24) is 0 Å². The summed E-state index contributed by atoms with van der Waals surface area (Å²) in [4.78, 5) is 0. The molecule has 0 unspecified atom stereocenters. The first kappa shape index (κ1) is 22.8. The van der Waals surface area contributed by atoms with Crippen LogP contribution in [0, 0.1) is 17.5 Å². The Morgan fingerprint density at radius 2 is 1.24 bits per heavy atom. The molecule has 0 heterocycles. The zero-order chi connectivity index (χ0) is 23.2. The van der Waals surface area contributed by atoms with Crippen LogP contribution in [0.15, 0.2) is 85.5 Å². The lowest BCUT2D eigenvalue weighted by atomic mass is 9.97. The second kappa shape index (κ2) is 10.5. The molecule has 0 fully saturated rings. The topological polar surface area (TPSA) is 0 Å². The number of hydrogen-bond donors (Lipinski definition) is 0. The number of fused-ring (bicyclic) bond motifs is 1. The van der Waals surface area contributed by atoms with Crippen molar-refractivity contribution in [3.8, 4) is 0 Å². The molecule has 0 N–H and O–H groups in total. The average Bonchev–Trinajstić information content (AvgIpc) is 2.82. The fraction of sp³-hybridized carbons (Fsp3) is 0.200. The minimum Gasteiger partial charge on any atom is -0.207 e. The summed E-state index contributed by atoms with van der Waals surface area (Å²) in [6, 6.07) is 21.3. The molecule has 0 spiro atoms. The second-order valence-corrected chi connectivity index (χ2v) is 8.47. The van der Waals surface area contributed by atoms with Crippen LogP contribution in [0.5, 0.6) is 0 Å². The zero-order valence-corrected chi connectivity index (χ0v) is 18.6. The summed E-state index contributed by atoms with van der Waals surface area (Å²) in [5.74, 6) is -0.647. The number of aryl methyl sites for hydroxylation is 5. The highest BCUT2D eigenvalue weighted by Crippen LogP contribution is 2.25. The molecule has 0 aliphatic rings. The van der Waals surface area contributed by atoms with Crippen LogP contribution in [0.1, 0.15) is 34.2 Å². The molecule has 0 saturated carbocycles. The molecule has 4 aromatic carbocycles. The molecular weight excluding hydrogens is 417 g/mol. The van der Waals surface area contributed by atoms with Gasteiger partial charge >= 0.3 is 0 Å². The molecule has 4 rings (SSSR count). The Kier molecular flexibility index (Phi) is 7.29. The fourth-order valence-electron chi connectivity index (χ4n) is 4.16. The molecule has 0 bridgehead atoms. The monoisotopic (exact) mass is 444 g/mol. The average molecular weight is 445 g/mol. The fourth-order valence-corrected chi connectivity index (χ4v) is 4.16. The molecule has 0 nitrogen and oxygen atoms in total. The molecule has 0 aliphatic carbocycles. The third-order valence-electron chi connectivity index (χ3n) is 6.13. The van der Waals surface area contributed by atoms with Crippen molar-refractivity contribution in [1.29, 1.82) is 0 Å². The van der Waals surface area contributed by atoms with E-state index in [9.17, 15) is 8.78 Å². The summed E-state index contributed by atoms with van der Waals surface area (Å²) in [7, 11) is 0. The van der Waals surface area contributed by atoms with Gasteiger partial charge in [0.25, 0.3) is 0 Å². The third-order valence-corrected chi connectivity index (χ3v) is 6.13. The number of allylic oxidation sites excluding steroid dienone is 1. The van der Waals surface area contributed by atoms with Crippen molar-refractivity contribution in [3.63, 3.8) is 0 Å². The summed E-state index contributed by atoms with van der Waals surface area (Å²) in [5.41, 5.74) is 4.36. The van der Waals surface area contributed by atoms with Gasteiger partial charge < -0.3 is 0 Å². The summed E-state index contributed by atoms with van der Waals surface area (Å²) in [6.07, 6.45) is 5.95. The summed E-state index contributed by atoms with van der Waals surface area (Å²) in [5, 5.41) is 1.43. The van der Waals surface area contributed by atoms with Gasteiger partial charge in [-0.15, -0.1) is 6.58 Å². The number of halogens is 3. The van der Waals surface area contributed by atoms with E-state index in [1.165, 1.54) is 12.1 Å². The lowest BCUT2D eigenvalue weighted by Gasteiger charge is -2.10. The summed E-state index contributed by atoms with van der Waals surface area (Å²) in [6.45, 7) is 3.71. The Balaban J connectivity index is 1.43. The van der Waals surface area contributed by atoms with E-state index < -0.39 is 0 Å². The third kappa shape index (κ3) is 5.73. The van der Waals surface area contributed by atoms with Gasteiger partial charge in [0.05, 0.1) is 0 Å². The van der Waals surface area contributed by atoms with Gasteiger partial charge in [0.2, 0.25) is 0 Å². The Labute approximate surface area is 193 Å². The van der Waals surface area contributed by atoms with E-state index in [1.807, 2.05) is 48.5 Å². The van der Waals surface area contributed by atoms with Gasteiger partial charge in [0.15, 0.2) is 0 Å². The quantitative estimate of drug-likeness (QED) is 0.230. The van der Waals surface area contributed by atoms with E-state index >= 15 is 4.39 Å². The lowest BCUT2D eigenvalue weighted by Crippen LogP contribution is -1.98. The first-order valence-corrected chi connectivity index (χ1v) is 11.4. The summed E-state index contributed by atoms with van der Waals surface area (Å²) < 4.78 is 42.6. The molecule has 0 atom stereocenters. The van der Waals surface area contributed by atoms with Crippen LogP contribution in [0.25, 0.3) is 10.8 Å². The van der Waals surface area contributed by atoms with Gasteiger partial charge in [-0.05, 0) is 89.9 Å². The van der Waals surface area contributed by atoms with E-state index in [2.05, 4.69) is 6.58 Å². The molecule has 0 aliphatic heterocycles. The minimum absolute atomic E-state index is 0.172. The smallest absolute Gasteiger partial charge is 0.134 e. The molecule has 0 aromatic heterocycles. The maximum Gasteiger partial charge on any atom is 0.134 e. The Hall–Kier alpha value is -3.33. The molecule has 33 heavy (non-hydrogen) atoms. The predicted molar refractivity (Wildman–Crippen MR) is 130 cm³/mol. The van der Waals surface area contributed by atoms with Gasteiger partial charge in [-0.2, -0.15) is 0 Å². The van der Waals surface area contributed by atoms with Gasteiger partial charge in [-0.25, -0.2) is 13.2 Å². The molecule has 0 radical (unpaired) electrons.